The molecule has 1 aromatic carbocycles. The molecule has 1 fully saturated rings. The Hall–Kier alpha value is -1.57. The van der Waals surface area contributed by atoms with E-state index in [-0.39, 0.29) is 0 Å². The molecule has 4 heteroatoms. The lowest BCUT2D eigenvalue weighted by Gasteiger charge is -2.43. The summed E-state index contributed by atoms with van der Waals surface area (Å²) in [6, 6.07) is 9.63. The number of hydrogen-bond acceptors (Lipinski definition) is 4. The van der Waals surface area contributed by atoms with E-state index < -0.39 is 11.0 Å². The van der Waals surface area contributed by atoms with E-state index in [4.69, 9.17) is 9.47 Å². The number of ether oxygens (including phenoxy) is 2. The summed E-state index contributed by atoms with van der Waals surface area (Å²) in [4.78, 5) is 0. The van der Waals surface area contributed by atoms with E-state index in [0.717, 1.165) is 0 Å². The van der Waals surface area contributed by atoms with Gasteiger partial charge in [0, 0.05) is 18.8 Å². The quantitative estimate of drug-likeness (QED) is 0.906. The monoisotopic (exact) mass is 261 g/mol. The topological polar surface area (TPSA) is 62.5 Å². The molecule has 0 bridgehead atoms. The minimum atomic E-state index is -1.27. The lowest BCUT2D eigenvalue weighted by molar-refractivity contribution is -0.0983. The van der Waals surface area contributed by atoms with Gasteiger partial charge in [-0.1, -0.05) is 18.2 Å². The molecule has 0 amide bonds. The molecule has 1 N–H and O–H groups in total. The van der Waals surface area contributed by atoms with Gasteiger partial charge in [-0.05, 0) is 25.8 Å². The standard InChI is InChI=1S/C15H19NO3/c1-14(17,12-5-3-4-6-13(12)18-2)15(11-16)7-9-19-10-8-15/h3-6,17H,7-10H2,1-2H3. The molecule has 19 heavy (non-hydrogen) atoms. The zero-order chi connectivity index (χ0) is 13.9. The van der Waals surface area contributed by atoms with Crippen molar-refractivity contribution in [2.45, 2.75) is 25.4 Å². The molecule has 102 valence electrons. The Morgan fingerprint density at radius 1 is 1.37 bits per heavy atom. The summed E-state index contributed by atoms with van der Waals surface area (Å²) in [5.41, 5.74) is -1.45. The zero-order valence-corrected chi connectivity index (χ0v) is 11.3. The van der Waals surface area contributed by atoms with Crippen molar-refractivity contribution in [2.24, 2.45) is 5.41 Å². The Kier molecular flexibility index (Phi) is 3.79. The highest BCUT2D eigenvalue weighted by Gasteiger charge is 2.50. The fourth-order valence-corrected chi connectivity index (χ4v) is 2.73. The van der Waals surface area contributed by atoms with Crippen LogP contribution in [0.1, 0.15) is 25.3 Å². The summed E-state index contributed by atoms with van der Waals surface area (Å²) in [5.74, 6) is 0.605. The Morgan fingerprint density at radius 2 is 2.00 bits per heavy atom. The van der Waals surface area contributed by atoms with Crippen molar-refractivity contribution in [3.05, 3.63) is 29.8 Å². The number of para-hydroxylation sites is 1. The summed E-state index contributed by atoms with van der Waals surface area (Å²) in [5, 5.41) is 20.6. The first-order chi connectivity index (χ1) is 9.07. The van der Waals surface area contributed by atoms with Gasteiger partial charge in [0.2, 0.25) is 0 Å². The van der Waals surface area contributed by atoms with Crippen LogP contribution in [-0.4, -0.2) is 25.4 Å². The van der Waals surface area contributed by atoms with Crippen molar-refractivity contribution < 1.29 is 14.6 Å². The Morgan fingerprint density at radius 3 is 2.58 bits per heavy atom. The second-order valence-corrected chi connectivity index (χ2v) is 5.08. The molecule has 0 aromatic heterocycles. The number of rotatable bonds is 3. The van der Waals surface area contributed by atoms with E-state index in [1.54, 1.807) is 20.1 Å². The molecule has 1 aliphatic heterocycles. The lowest BCUT2D eigenvalue weighted by Crippen LogP contribution is -2.46. The summed E-state index contributed by atoms with van der Waals surface area (Å²) in [7, 11) is 1.57. The number of benzene rings is 1. The Bertz CT molecular complexity index is 484. The van der Waals surface area contributed by atoms with Crippen LogP contribution in [-0.2, 0) is 10.3 Å². The van der Waals surface area contributed by atoms with Crippen LogP contribution in [0.25, 0.3) is 0 Å². The van der Waals surface area contributed by atoms with Crippen LogP contribution in [0.3, 0.4) is 0 Å². The molecule has 4 nitrogen and oxygen atoms in total. The minimum Gasteiger partial charge on any atom is -0.496 e. The third kappa shape index (κ3) is 2.20. The summed E-state index contributed by atoms with van der Waals surface area (Å²) < 4.78 is 10.6. The van der Waals surface area contributed by atoms with Crippen LogP contribution in [0.5, 0.6) is 5.75 Å². The fourth-order valence-electron chi connectivity index (χ4n) is 2.73. The van der Waals surface area contributed by atoms with Crippen LogP contribution < -0.4 is 4.74 Å². The van der Waals surface area contributed by atoms with Crippen molar-refractivity contribution in [2.75, 3.05) is 20.3 Å². The number of hydrogen-bond donors (Lipinski definition) is 1. The van der Waals surface area contributed by atoms with Gasteiger partial charge in [-0.3, -0.25) is 0 Å². The van der Waals surface area contributed by atoms with Crippen molar-refractivity contribution in [1.29, 1.82) is 5.26 Å². The molecule has 2 rings (SSSR count). The second-order valence-electron chi connectivity index (χ2n) is 5.08. The molecule has 1 heterocycles. The Labute approximate surface area is 113 Å². The van der Waals surface area contributed by atoms with E-state index >= 15 is 0 Å². The highest BCUT2D eigenvalue weighted by Crippen LogP contribution is 2.48. The molecular weight excluding hydrogens is 242 g/mol. The molecule has 0 radical (unpaired) electrons. The maximum Gasteiger partial charge on any atom is 0.124 e. The van der Waals surface area contributed by atoms with Gasteiger partial charge in [-0.25, -0.2) is 0 Å². The van der Waals surface area contributed by atoms with Crippen molar-refractivity contribution in [3.8, 4) is 11.8 Å². The summed E-state index contributed by atoms with van der Waals surface area (Å²) in [6.45, 7) is 2.69. The highest BCUT2D eigenvalue weighted by atomic mass is 16.5. The average Bonchev–Trinajstić information content (AvgIpc) is 2.47. The first-order valence-electron chi connectivity index (χ1n) is 6.42. The van der Waals surface area contributed by atoms with Crippen LogP contribution in [0.2, 0.25) is 0 Å². The molecule has 1 unspecified atom stereocenters. The minimum absolute atomic E-state index is 0.499. The first-order valence-corrected chi connectivity index (χ1v) is 6.42. The maximum atomic E-state index is 11.0. The van der Waals surface area contributed by atoms with Crippen molar-refractivity contribution >= 4 is 0 Å². The van der Waals surface area contributed by atoms with Gasteiger partial charge >= 0.3 is 0 Å². The first kappa shape index (κ1) is 13.9. The SMILES string of the molecule is COc1ccccc1C(C)(O)C1(C#N)CCOCC1. The third-order valence-electron chi connectivity index (χ3n) is 4.12. The molecule has 0 saturated carbocycles. The number of nitrogens with zero attached hydrogens (tertiary/aromatic N) is 1. The largest absolute Gasteiger partial charge is 0.496 e. The van der Waals surface area contributed by atoms with E-state index in [0.29, 0.717) is 37.4 Å². The van der Waals surface area contributed by atoms with Crippen LogP contribution >= 0.6 is 0 Å². The number of nitriles is 1. The van der Waals surface area contributed by atoms with Gasteiger partial charge in [0.25, 0.3) is 0 Å². The van der Waals surface area contributed by atoms with Crippen molar-refractivity contribution in [3.63, 3.8) is 0 Å². The smallest absolute Gasteiger partial charge is 0.124 e. The van der Waals surface area contributed by atoms with Gasteiger partial charge in [0.15, 0.2) is 0 Å². The molecule has 1 saturated heterocycles. The number of aliphatic hydroxyl groups is 1. The van der Waals surface area contributed by atoms with Crippen molar-refractivity contribution in [1.82, 2.24) is 0 Å². The van der Waals surface area contributed by atoms with Crippen LogP contribution in [0, 0.1) is 16.7 Å². The lowest BCUT2D eigenvalue weighted by atomic mass is 9.65. The average molecular weight is 261 g/mol. The molecule has 0 spiro atoms. The normalized spacial score (nSPS) is 21.2. The predicted octanol–water partition coefficient (Wildman–Crippen LogP) is 2.22. The summed E-state index contributed by atoms with van der Waals surface area (Å²) >= 11 is 0. The molecule has 1 aliphatic rings. The molecule has 1 atom stereocenters. The second kappa shape index (κ2) is 5.20. The van der Waals surface area contributed by atoms with Crippen LogP contribution in [0.4, 0.5) is 0 Å². The van der Waals surface area contributed by atoms with Gasteiger partial charge in [-0.15, -0.1) is 0 Å². The summed E-state index contributed by atoms with van der Waals surface area (Å²) in [6.07, 6.45) is 1.04. The van der Waals surface area contributed by atoms with Gasteiger partial charge in [-0.2, -0.15) is 5.26 Å². The van der Waals surface area contributed by atoms with E-state index in [1.165, 1.54) is 0 Å². The Balaban J connectivity index is 2.48. The molecular formula is C15H19NO3. The van der Waals surface area contributed by atoms with Gasteiger partial charge in [0.1, 0.15) is 11.4 Å². The molecule has 0 aliphatic carbocycles. The fraction of sp³-hybridized carbons (Fsp3) is 0.533. The maximum absolute atomic E-state index is 11.0. The predicted molar refractivity (Wildman–Crippen MR) is 70.7 cm³/mol. The van der Waals surface area contributed by atoms with E-state index in [9.17, 15) is 10.4 Å². The zero-order valence-electron chi connectivity index (χ0n) is 11.3. The highest BCUT2D eigenvalue weighted by molar-refractivity contribution is 5.40. The number of methoxy groups -OCH3 is 1. The van der Waals surface area contributed by atoms with Gasteiger partial charge < -0.3 is 14.6 Å². The van der Waals surface area contributed by atoms with Gasteiger partial charge in [0.05, 0.1) is 18.6 Å². The third-order valence-corrected chi connectivity index (χ3v) is 4.12. The van der Waals surface area contributed by atoms with E-state index in [1.807, 2.05) is 18.2 Å². The molecule has 1 aromatic rings. The van der Waals surface area contributed by atoms with E-state index in [2.05, 4.69) is 6.07 Å². The van der Waals surface area contributed by atoms with Crippen LogP contribution in [0.15, 0.2) is 24.3 Å².